The highest BCUT2D eigenvalue weighted by Gasteiger charge is 2.31. The van der Waals surface area contributed by atoms with Gasteiger partial charge in [0.15, 0.2) is 24.0 Å². The molecule has 1 N–H and O–H groups in total. The van der Waals surface area contributed by atoms with E-state index in [2.05, 4.69) is 4.72 Å². The Balaban J connectivity index is 1.67. The first-order valence-electron chi connectivity index (χ1n) is 7.95. The quantitative estimate of drug-likeness (QED) is 0.527. The maximum absolute atomic E-state index is 13.7. The van der Waals surface area contributed by atoms with E-state index in [9.17, 15) is 22.4 Å². The summed E-state index contributed by atoms with van der Waals surface area (Å²) in [6.45, 7) is -0.641. The molecule has 1 aliphatic carbocycles. The van der Waals surface area contributed by atoms with Gasteiger partial charge < -0.3 is 9.47 Å². The van der Waals surface area contributed by atoms with Crippen LogP contribution in [0.4, 0.5) is 4.39 Å². The Kier molecular flexibility index (Phi) is 5.59. The minimum absolute atomic E-state index is 0.00975. The third-order valence-corrected chi connectivity index (χ3v) is 6.40. The highest BCUT2D eigenvalue weighted by molar-refractivity contribution is 7.89. The largest absolute Gasteiger partial charge is 0.494 e. The van der Waals surface area contributed by atoms with Crippen LogP contribution in [0.3, 0.4) is 0 Å². The Morgan fingerprint density at radius 2 is 2.04 bits per heavy atom. The lowest BCUT2D eigenvalue weighted by Crippen LogP contribution is -2.27. The molecule has 2 aromatic rings. The van der Waals surface area contributed by atoms with Gasteiger partial charge in [-0.2, -0.15) is 0 Å². The van der Waals surface area contributed by atoms with Crippen LogP contribution in [0.5, 0.6) is 5.75 Å². The molecule has 144 valence electrons. The molecule has 1 heterocycles. The molecule has 1 fully saturated rings. The second kappa shape index (κ2) is 7.75. The van der Waals surface area contributed by atoms with Gasteiger partial charge in [0.05, 0.1) is 7.11 Å². The molecule has 1 saturated carbocycles. The zero-order chi connectivity index (χ0) is 19.6. The third kappa shape index (κ3) is 4.52. The average Bonchev–Trinajstić information content (AvgIpc) is 3.28. The number of carbonyl (C=O) groups is 2. The van der Waals surface area contributed by atoms with E-state index in [1.165, 1.54) is 30.7 Å². The standard InChI is InChI=1S/C17H16FNO6S2/c1-24-14-5-2-10(8-12(14)18)13(20)9-25-17(21)16-15(6-7-26-16)27(22,23)19-11-3-4-11/h2,5-8,11,19H,3-4,9H2,1H3. The van der Waals surface area contributed by atoms with Crippen LogP contribution >= 0.6 is 11.3 Å². The van der Waals surface area contributed by atoms with Crippen LogP contribution in [-0.2, 0) is 14.8 Å². The number of halogens is 1. The van der Waals surface area contributed by atoms with E-state index in [-0.39, 0.29) is 27.1 Å². The van der Waals surface area contributed by atoms with Gasteiger partial charge in [-0.3, -0.25) is 4.79 Å². The summed E-state index contributed by atoms with van der Waals surface area (Å²) < 4.78 is 50.4. The van der Waals surface area contributed by atoms with E-state index in [0.717, 1.165) is 30.2 Å². The van der Waals surface area contributed by atoms with E-state index in [1.54, 1.807) is 0 Å². The van der Waals surface area contributed by atoms with Gasteiger partial charge in [-0.25, -0.2) is 22.3 Å². The number of methoxy groups -OCH3 is 1. The molecule has 0 amide bonds. The number of sulfonamides is 1. The summed E-state index contributed by atoms with van der Waals surface area (Å²) in [6, 6.07) is 4.82. The second-order valence-electron chi connectivity index (χ2n) is 5.86. The van der Waals surface area contributed by atoms with Crippen LogP contribution in [-0.4, -0.2) is 39.9 Å². The molecule has 27 heavy (non-hydrogen) atoms. The fourth-order valence-corrected chi connectivity index (χ4v) is 4.88. The fraction of sp³-hybridized carbons (Fsp3) is 0.294. The van der Waals surface area contributed by atoms with Crippen molar-refractivity contribution < 1.29 is 31.9 Å². The molecule has 1 aromatic carbocycles. The average molecular weight is 413 g/mol. The maximum atomic E-state index is 13.7. The van der Waals surface area contributed by atoms with Crippen LogP contribution in [0.15, 0.2) is 34.5 Å². The van der Waals surface area contributed by atoms with Crippen molar-refractivity contribution >= 4 is 33.1 Å². The summed E-state index contributed by atoms with van der Waals surface area (Å²) in [4.78, 5) is 24.0. The monoisotopic (exact) mass is 413 g/mol. The number of benzene rings is 1. The Bertz CT molecular complexity index is 981. The van der Waals surface area contributed by atoms with Crippen LogP contribution in [0.25, 0.3) is 0 Å². The Hall–Kier alpha value is -2.30. The van der Waals surface area contributed by atoms with Crippen molar-refractivity contribution in [3.8, 4) is 5.75 Å². The molecule has 0 aliphatic heterocycles. The lowest BCUT2D eigenvalue weighted by atomic mass is 10.1. The fourth-order valence-electron chi connectivity index (χ4n) is 2.26. The summed E-state index contributed by atoms with van der Waals surface area (Å²) in [5.41, 5.74) is 0.00975. The first-order valence-corrected chi connectivity index (χ1v) is 10.3. The van der Waals surface area contributed by atoms with Crippen molar-refractivity contribution in [2.75, 3.05) is 13.7 Å². The molecule has 0 bridgehead atoms. The first-order chi connectivity index (χ1) is 12.8. The Morgan fingerprint density at radius 3 is 2.67 bits per heavy atom. The number of thiophene rings is 1. The smallest absolute Gasteiger partial charge is 0.350 e. The first kappa shape index (κ1) is 19.5. The normalized spacial score (nSPS) is 14.0. The van der Waals surface area contributed by atoms with Crippen molar-refractivity contribution in [2.45, 2.75) is 23.8 Å². The van der Waals surface area contributed by atoms with Crippen molar-refractivity contribution in [2.24, 2.45) is 0 Å². The van der Waals surface area contributed by atoms with Gasteiger partial charge in [0.1, 0.15) is 9.77 Å². The molecule has 0 saturated heterocycles. The second-order valence-corrected chi connectivity index (χ2v) is 8.46. The summed E-state index contributed by atoms with van der Waals surface area (Å²) in [5.74, 6) is -2.28. The summed E-state index contributed by atoms with van der Waals surface area (Å²) in [5, 5.41) is 1.46. The molecular formula is C17H16FNO6S2. The Morgan fingerprint density at radius 1 is 1.30 bits per heavy atom. The van der Waals surface area contributed by atoms with Gasteiger partial charge in [0.2, 0.25) is 10.0 Å². The minimum atomic E-state index is -3.82. The number of ether oxygens (including phenoxy) is 2. The summed E-state index contributed by atoms with van der Waals surface area (Å²) in [6.07, 6.45) is 1.52. The molecule has 3 rings (SSSR count). The van der Waals surface area contributed by atoms with E-state index >= 15 is 0 Å². The van der Waals surface area contributed by atoms with Crippen LogP contribution in [0, 0.1) is 5.82 Å². The number of ketones is 1. The van der Waals surface area contributed by atoms with Gasteiger partial charge in [0.25, 0.3) is 0 Å². The van der Waals surface area contributed by atoms with Crippen molar-refractivity contribution in [1.29, 1.82) is 0 Å². The van der Waals surface area contributed by atoms with E-state index in [4.69, 9.17) is 9.47 Å². The molecule has 1 aliphatic rings. The zero-order valence-corrected chi connectivity index (χ0v) is 15.9. The number of esters is 1. The summed E-state index contributed by atoms with van der Waals surface area (Å²) in [7, 11) is -2.52. The van der Waals surface area contributed by atoms with Gasteiger partial charge in [-0.15, -0.1) is 11.3 Å². The number of carbonyl (C=O) groups excluding carboxylic acids is 2. The molecule has 0 radical (unpaired) electrons. The lowest BCUT2D eigenvalue weighted by Gasteiger charge is -2.08. The van der Waals surface area contributed by atoms with Gasteiger partial charge >= 0.3 is 5.97 Å². The molecular weight excluding hydrogens is 397 g/mol. The minimum Gasteiger partial charge on any atom is -0.494 e. The molecule has 0 spiro atoms. The van der Waals surface area contributed by atoms with E-state index in [1.807, 2.05) is 0 Å². The topological polar surface area (TPSA) is 98.8 Å². The van der Waals surface area contributed by atoms with E-state index < -0.39 is 34.2 Å². The van der Waals surface area contributed by atoms with Gasteiger partial charge in [0, 0.05) is 11.6 Å². The number of rotatable bonds is 8. The van der Waals surface area contributed by atoms with Crippen LogP contribution in [0.1, 0.15) is 32.9 Å². The maximum Gasteiger partial charge on any atom is 0.350 e. The van der Waals surface area contributed by atoms with Crippen LogP contribution in [0.2, 0.25) is 0 Å². The predicted octanol–water partition coefficient (Wildman–Crippen LogP) is 2.38. The number of hydrogen-bond acceptors (Lipinski definition) is 7. The van der Waals surface area contributed by atoms with Crippen molar-refractivity contribution in [3.05, 3.63) is 45.9 Å². The molecule has 10 heteroatoms. The number of hydrogen-bond donors (Lipinski definition) is 1. The molecule has 0 atom stereocenters. The third-order valence-electron chi connectivity index (χ3n) is 3.81. The van der Waals surface area contributed by atoms with E-state index in [0.29, 0.717) is 0 Å². The van der Waals surface area contributed by atoms with Crippen molar-refractivity contribution in [1.82, 2.24) is 4.72 Å². The van der Waals surface area contributed by atoms with Gasteiger partial charge in [-0.05, 0) is 42.5 Å². The summed E-state index contributed by atoms with van der Waals surface area (Å²) >= 11 is 0.905. The number of Topliss-reactive ketones (excluding diaryl/α,β-unsaturated/α-hetero) is 1. The van der Waals surface area contributed by atoms with Crippen molar-refractivity contribution in [3.63, 3.8) is 0 Å². The molecule has 0 unspecified atom stereocenters. The Labute approximate surface area is 159 Å². The highest BCUT2D eigenvalue weighted by Crippen LogP contribution is 2.27. The lowest BCUT2D eigenvalue weighted by molar-refractivity contribution is 0.0476. The number of nitrogens with one attached hydrogen (secondary N) is 1. The predicted molar refractivity (Wildman–Crippen MR) is 95.2 cm³/mol. The SMILES string of the molecule is COc1ccc(C(=O)COC(=O)c2sccc2S(=O)(=O)NC2CC2)cc1F. The zero-order valence-electron chi connectivity index (χ0n) is 14.2. The van der Waals surface area contributed by atoms with Crippen LogP contribution < -0.4 is 9.46 Å². The van der Waals surface area contributed by atoms with Gasteiger partial charge in [-0.1, -0.05) is 0 Å². The molecule has 7 nitrogen and oxygen atoms in total. The highest BCUT2D eigenvalue weighted by atomic mass is 32.2. The molecule has 1 aromatic heterocycles.